The average Bonchev–Trinajstić information content (AvgIpc) is 2.25. The number of nitrogens with one attached hydrogen (secondary N) is 1. The summed E-state index contributed by atoms with van der Waals surface area (Å²) in [4.78, 5) is 13.8. The van der Waals surface area contributed by atoms with E-state index in [2.05, 4.69) is 18.2 Å². The van der Waals surface area contributed by atoms with Crippen LogP contribution in [-0.2, 0) is 4.79 Å². The number of hydrogen-bond donors (Lipinski definition) is 1. The van der Waals surface area contributed by atoms with E-state index in [1.165, 1.54) is 0 Å². The van der Waals surface area contributed by atoms with E-state index in [0.29, 0.717) is 12.5 Å². The average molecular weight is 208 g/mol. The molecule has 84 valence electrons. The molecule has 15 heavy (non-hydrogen) atoms. The van der Waals surface area contributed by atoms with Crippen molar-refractivity contribution in [2.24, 2.45) is 0 Å². The minimum Gasteiger partial charge on any atom is -0.337 e. The molecule has 0 radical (unpaired) electrons. The van der Waals surface area contributed by atoms with Gasteiger partial charge in [0.25, 0.3) is 0 Å². The highest BCUT2D eigenvalue weighted by atomic mass is 16.2. The normalized spacial score (nSPS) is 21.1. The summed E-state index contributed by atoms with van der Waals surface area (Å²) in [6.45, 7) is 4.76. The first-order chi connectivity index (χ1) is 7.25. The lowest BCUT2D eigenvalue weighted by molar-refractivity contribution is -0.134. The van der Waals surface area contributed by atoms with Gasteiger partial charge in [-0.15, -0.1) is 12.3 Å². The van der Waals surface area contributed by atoms with E-state index in [-0.39, 0.29) is 5.91 Å². The van der Waals surface area contributed by atoms with Crippen molar-refractivity contribution < 1.29 is 4.79 Å². The summed E-state index contributed by atoms with van der Waals surface area (Å²) < 4.78 is 0. The van der Waals surface area contributed by atoms with E-state index in [1.54, 1.807) is 0 Å². The lowest BCUT2D eigenvalue weighted by Gasteiger charge is -2.34. The van der Waals surface area contributed by atoms with Crippen LogP contribution < -0.4 is 5.32 Å². The maximum Gasteiger partial charge on any atom is 0.222 e. The molecule has 3 heteroatoms. The van der Waals surface area contributed by atoms with Crippen LogP contribution in [0.2, 0.25) is 0 Å². The second-order valence-electron chi connectivity index (χ2n) is 4.05. The fourth-order valence-corrected chi connectivity index (χ4v) is 1.86. The molecule has 0 aliphatic carbocycles. The molecule has 1 heterocycles. The van der Waals surface area contributed by atoms with Gasteiger partial charge < -0.3 is 10.2 Å². The van der Waals surface area contributed by atoms with E-state index in [0.717, 1.165) is 38.9 Å². The highest BCUT2D eigenvalue weighted by Gasteiger charge is 2.21. The van der Waals surface area contributed by atoms with Gasteiger partial charge in [-0.25, -0.2) is 0 Å². The molecule has 1 amide bonds. The van der Waals surface area contributed by atoms with Crippen molar-refractivity contribution in [2.45, 2.75) is 38.6 Å². The molecule has 1 unspecified atom stereocenters. The molecule has 0 spiro atoms. The maximum absolute atomic E-state index is 11.8. The van der Waals surface area contributed by atoms with Crippen molar-refractivity contribution in [3.8, 4) is 12.3 Å². The molecule has 1 atom stereocenters. The monoisotopic (exact) mass is 208 g/mol. The minimum absolute atomic E-state index is 0.279. The first-order valence-corrected chi connectivity index (χ1v) is 5.69. The second kappa shape index (κ2) is 6.47. The number of amides is 1. The van der Waals surface area contributed by atoms with E-state index in [9.17, 15) is 4.79 Å². The van der Waals surface area contributed by atoms with Crippen molar-refractivity contribution in [1.29, 1.82) is 0 Å². The van der Waals surface area contributed by atoms with Gasteiger partial charge >= 0.3 is 0 Å². The molecule has 1 N–H and O–H groups in total. The van der Waals surface area contributed by atoms with Gasteiger partial charge in [0.05, 0.1) is 0 Å². The third kappa shape index (κ3) is 3.93. The zero-order valence-corrected chi connectivity index (χ0v) is 9.46. The fraction of sp³-hybridized carbons (Fsp3) is 0.750. The Balaban J connectivity index is 2.23. The van der Waals surface area contributed by atoms with Crippen LogP contribution in [0.15, 0.2) is 0 Å². The van der Waals surface area contributed by atoms with E-state index in [4.69, 9.17) is 6.42 Å². The molecule has 1 aliphatic heterocycles. The van der Waals surface area contributed by atoms with Crippen LogP contribution in [0.3, 0.4) is 0 Å². The lowest BCUT2D eigenvalue weighted by Crippen LogP contribution is -2.52. The summed E-state index contributed by atoms with van der Waals surface area (Å²) in [5, 5.41) is 3.28. The summed E-state index contributed by atoms with van der Waals surface area (Å²) >= 11 is 0. The molecule has 0 bridgehead atoms. The topological polar surface area (TPSA) is 32.3 Å². The van der Waals surface area contributed by atoms with Gasteiger partial charge in [0.2, 0.25) is 5.91 Å². The molecule has 1 fully saturated rings. The second-order valence-corrected chi connectivity index (χ2v) is 4.05. The van der Waals surface area contributed by atoms with Crippen molar-refractivity contribution in [2.75, 3.05) is 19.6 Å². The maximum atomic E-state index is 11.8. The summed E-state index contributed by atoms with van der Waals surface area (Å²) in [7, 11) is 0. The Hall–Kier alpha value is -1.01. The number of unbranched alkanes of at least 4 members (excludes halogenated alkanes) is 2. The van der Waals surface area contributed by atoms with Gasteiger partial charge in [0, 0.05) is 38.5 Å². The molecule has 0 aromatic rings. The molecule has 1 saturated heterocycles. The number of carbonyl (C=O) groups excluding carboxylic acids is 1. The molecule has 3 nitrogen and oxygen atoms in total. The molecular weight excluding hydrogens is 188 g/mol. The number of piperazine rings is 1. The van der Waals surface area contributed by atoms with Gasteiger partial charge in [-0.2, -0.15) is 0 Å². The summed E-state index contributed by atoms with van der Waals surface area (Å²) in [5.74, 6) is 2.87. The molecule has 0 aromatic carbocycles. The van der Waals surface area contributed by atoms with Crippen LogP contribution in [0.1, 0.15) is 32.6 Å². The van der Waals surface area contributed by atoms with Gasteiger partial charge in [-0.3, -0.25) is 4.79 Å². The predicted molar refractivity (Wildman–Crippen MR) is 61.3 cm³/mol. The number of hydrogen-bond acceptors (Lipinski definition) is 2. The number of nitrogens with zero attached hydrogens (tertiary/aromatic N) is 1. The van der Waals surface area contributed by atoms with Crippen LogP contribution in [0, 0.1) is 12.3 Å². The Kier molecular flexibility index (Phi) is 5.20. The number of terminal acetylenes is 1. The Morgan fingerprint density at radius 3 is 3.07 bits per heavy atom. The molecule has 0 aromatic heterocycles. The standard InChI is InChI=1S/C12H20N2O/c1-3-4-5-6-7-12(15)14-9-8-13-10-11(14)2/h1,11,13H,4-10H2,2H3. The van der Waals surface area contributed by atoms with Gasteiger partial charge in [-0.1, -0.05) is 0 Å². The van der Waals surface area contributed by atoms with Crippen LogP contribution >= 0.6 is 0 Å². The van der Waals surface area contributed by atoms with Crippen molar-refractivity contribution >= 4 is 5.91 Å². The zero-order chi connectivity index (χ0) is 11.1. The van der Waals surface area contributed by atoms with Crippen molar-refractivity contribution in [1.82, 2.24) is 10.2 Å². The smallest absolute Gasteiger partial charge is 0.222 e. The quantitative estimate of drug-likeness (QED) is 0.552. The first-order valence-electron chi connectivity index (χ1n) is 5.69. The van der Waals surface area contributed by atoms with Crippen LogP contribution in [-0.4, -0.2) is 36.5 Å². The Morgan fingerprint density at radius 1 is 1.60 bits per heavy atom. The van der Waals surface area contributed by atoms with Crippen LogP contribution in [0.25, 0.3) is 0 Å². The largest absolute Gasteiger partial charge is 0.337 e. The number of rotatable bonds is 4. The van der Waals surface area contributed by atoms with Crippen molar-refractivity contribution in [3.05, 3.63) is 0 Å². The van der Waals surface area contributed by atoms with Crippen LogP contribution in [0.5, 0.6) is 0 Å². The summed E-state index contributed by atoms with van der Waals surface area (Å²) in [6, 6.07) is 0.332. The van der Waals surface area contributed by atoms with Gasteiger partial charge in [-0.05, 0) is 19.8 Å². The molecule has 1 aliphatic rings. The lowest BCUT2D eigenvalue weighted by atomic mass is 10.1. The highest BCUT2D eigenvalue weighted by molar-refractivity contribution is 5.76. The minimum atomic E-state index is 0.279. The SMILES string of the molecule is C#CCCCCC(=O)N1CCNCC1C. The summed E-state index contributed by atoms with van der Waals surface area (Å²) in [6.07, 6.45) is 8.46. The number of carbonyl (C=O) groups is 1. The van der Waals surface area contributed by atoms with E-state index >= 15 is 0 Å². The molecular formula is C12H20N2O. The third-order valence-electron chi connectivity index (χ3n) is 2.78. The molecule has 1 rings (SSSR count). The highest BCUT2D eigenvalue weighted by Crippen LogP contribution is 2.08. The van der Waals surface area contributed by atoms with E-state index < -0.39 is 0 Å². The van der Waals surface area contributed by atoms with Gasteiger partial charge in [0.15, 0.2) is 0 Å². The summed E-state index contributed by atoms with van der Waals surface area (Å²) in [5.41, 5.74) is 0. The first kappa shape index (κ1) is 12.1. The zero-order valence-electron chi connectivity index (χ0n) is 9.46. The van der Waals surface area contributed by atoms with Crippen LogP contribution in [0.4, 0.5) is 0 Å². The fourth-order valence-electron chi connectivity index (χ4n) is 1.86. The third-order valence-corrected chi connectivity index (χ3v) is 2.78. The Bertz CT molecular complexity index is 244. The predicted octanol–water partition coefficient (Wildman–Crippen LogP) is 1.00. The molecule has 0 saturated carbocycles. The Labute approximate surface area is 92.2 Å². The van der Waals surface area contributed by atoms with E-state index in [1.807, 2.05) is 4.90 Å². The Morgan fingerprint density at radius 2 is 2.40 bits per heavy atom. The van der Waals surface area contributed by atoms with Gasteiger partial charge in [0.1, 0.15) is 0 Å². The van der Waals surface area contributed by atoms with Crippen molar-refractivity contribution in [3.63, 3.8) is 0 Å².